The molecule has 0 aromatic heterocycles. The number of nitrogens with one attached hydrogen (secondary N) is 3. The minimum atomic E-state index is -0.205. The van der Waals surface area contributed by atoms with Crippen molar-refractivity contribution in [2.45, 2.75) is 46.5 Å². The average Bonchev–Trinajstić information content (AvgIpc) is 2.60. The van der Waals surface area contributed by atoms with Crippen molar-refractivity contribution in [3.8, 4) is 0 Å². The van der Waals surface area contributed by atoms with E-state index < -0.39 is 0 Å². The fraction of sp³-hybridized carbons (Fsp3) is 0.526. The van der Waals surface area contributed by atoms with Gasteiger partial charge in [0.1, 0.15) is 0 Å². The summed E-state index contributed by atoms with van der Waals surface area (Å²) in [6.45, 7) is 6.71. The summed E-state index contributed by atoms with van der Waals surface area (Å²) in [5, 5.41) is 8.38. The summed E-state index contributed by atoms with van der Waals surface area (Å²) in [6.07, 6.45) is 2.90. The van der Waals surface area contributed by atoms with Crippen molar-refractivity contribution in [3.05, 3.63) is 29.8 Å². The summed E-state index contributed by atoms with van der Waals surface area (Å²) < 4.78 is 0. The van der Waals surface area contributed by atoms with Crippen LogP contribution in [0.5, 0.6) is 0 Å². The predicted molar refractivity (Wildman–Crippen MR) is 99.4 cm³/mol. The maximum Gasteiger partial charge on any atom is 0.251 e. The van der Waals surface area contributed by atoms with Gasteiger partial charge < -0.3 is 16.0 Å². The molecule has 0 bridgehead atoms. The molecular formula is C19H29N3O3. The molecule has 0 spiro atoms. The van der Waals surface area contributed by atoms with Gasteiger partial charge in [-0.2, -0.15) is 0 Å². The van der Waals surface area contributed by atoms with Gasteiger partial charge in [0.15, 0.2) is 0 Å². The third kappa shape index (κ3) is 7.37. The Hall–Kier alpha value is -2.37. The predicted octanol–water partition coefficient (Wildman–Crippen LogP) is 2.71. The fourth-order valence-electron chi connectivity index (χ4n) is 2.42. The van der Waals surface area contributed by atoms with Crippen molar-refractivity contribution >= 4 is 23.4 Å². The van der Waals surface area contributed by atoms with Crippen LogP contribution >= 0.6 is 0 Å². The molecule has 138 valence electrons. The van der Waals surface area contributed by atoms with Crippen molar-refractivity contribution in [1.82, 2.24) is 10.6 Å². The third-order valence-electron chi connectivity index (χ3n) is 3.97. The minimum Gasteiger partial charge on any atom is -0.354 e. The number of amides is 3. The highest BCUT2D eigenvalue weighted by atomic mass is 16.2. The molecule has 0 saturated heterocycles. The van der Waals surface area contributed by atoms with Crippen molar-refractivity contribution in [2.75, 3.05) is 18.4 Å². The lowest BCUT2D eigenvalue weighted by Gasteiger charge is -2.13. The highest BCUT2D eigenvalue weighted by molar-refractivity contribution is 5.95. The number of rotatable bonds is 10. The molecule has 3 amide bonds. The van der Waals surface area contributed by atoms with Crippen LogP contribution in [0.2, 0.25) is 0 Å². The number of hydrogen-bond donors (Lipinski definition) is 3. The van der Waals surface area contributed by atoms with Crippen LogP contribution in [0.4, 0.5) is 5.69 Å². The molecule has 6 nitrogen and oxygen atoms in total. The second-order valence-electron chi connectivity index (χ2n) is 5.94. The standard InChI is InChI=1S/C19H29N3O3/c1-4-7-17(23)22-16-10-8-15(9-11-16)19(25)21-13-12-20-18(24)14(5-2)6-3/h8-11,14H,4-7,12-13H2,1-3H3,(H,20,24)(H,21,25)(H,22,23). The van der Waals surface area contributed by atoms with Gasteiger partial charge in [0.2, 0.25) is 11.8 Å². The first-order valence-corrected chi connectivity index (χ1v) is 8.97. The van der Waals surface area contributed by atoms with Gasteiger partial charge >= 0.3 is 0 Å². The molecule has 0 atom stereocenters. The zero-order valence-corrected chi connectivity index (χ0v) is 15.4. The molecule has 1 rings (SSSR count). The van der Waals surface area contributed by atoms with E-state index in [1.807, 2.05) is 20.8 Å². The second kappa shape index (κ2) is 11.2. The molecule has 1 aromatic carbocycles. The first-order valence-electron chi connectivity index (χ1n) is 8.97. The van der Waals surface area contributed by atoms with Gasteiger partial charge in [-0.15, -0.1) is 0 Å². The highest BCUT2D eigenvalue weighted by Gasteiger charge is 2.13. The van der Waals surface area contributed by atoms with Crippen molar-refractivity contribution in [3.63, 3.8) is 0 Å². The van der Waals surface area contributed by atoms with Crippen molar-refractivity contribution in [2.24, 2.45) is 5.92 Å². The largest absolute Gasteiger partial charge is 0.354 e. The van der Waals surface area contributed by atoms with E-state index >= 15 is 0 Å². The molecule has 6 heteroatoms. The lowest BCUT2D eigenvalue weighted by Crippen LogP contribution is -2.37. The van der Waals surface area contributed by atoms with Gasteiger partial charge in [0.25, 0.3) is 5.91 Å². The SMILES string of the molecule is CCCC(=O)Nc1ccc(C(=O)NCCNC(=O)C(CC)CC)cc1. The summed E-state index contributed by atoms with van der Waals surface area (Å²) in [4.78, 5) is 35.4. The molecule has 1 aromatic rings. The Balaban J connectivity index is 2.37. The Morgan fingerprint density at radius 3 is 2.08 bits per heavy atom. The van der Waals surface area contributed by atoms with Crippen LogP contribution in [0, 0.1) is 5.92 Å². The van der Waals surface area contributed by atoms with Crippen LogP contribution in [-0.2, 0) is 9.59 Å². The fourth-order valence-corrected chi connectivity index (χ4v) is 2.42. The van der Waals surface area contributed by atoms with Crippen LogP contribution < -0.4 is 16.0 Å². The van der Waals surface area contributed by atoms with E-state index in [2.05, 4.69) is 16.0 Å². The average molecular weight is 347 g/mol. The van der Waals surface area contributed by atoms with Crippen LogP contribution in [0.25, 0.3) is 0 Å². The lowest BCUT2D eigenvalue weighted by molar-refractivity contribution is -0.125. The Labute approximate surface area is 149 Å². The highest BCUT2D eigenvalue weighted by Crippen LogP contribution is 2.10. The van der Waals surface area contributed by atoms with E-state index in [4.69, 9.17) is 0 Å². The molecule has 0 radical (unpaired) electrons. The Morgan fingerprint density at radius 1 is 0.920 bits per heavy atom. The maximum atomic E-state index is 12.1. The molecule has 3 N–H and O–H groups in total. The molecule has 0 aliphatic rings. The van der Waals surface area contributed by atoms with Crippen LogP contribution in [0.3, 0.4) is 0 Å². The Bertz CT molecular complexity index is 566. The molecule has 0 saturated carbocycles. The number of benzene rings is 1. The summed E-state index contributed by atoms with van der Waals surface area (Å²) in [5.41, 5.74) is 1.19. The quantitative estimate of drug-likeness (QED) is 0.569. The molecular weight excluding hydrogens is 318 g/mol. The van der Waals surface area contributed by atoms with E-state index in [-0.39, 0.29) is 23.6 Å². The maximum absolute atomic E-state index is 12.1. The van der Waals surface area contributed by atoms with Crippen LogP contribution in [-0.4, -0.2) is 30.8 Å². The molecule has 0 aliphatic heterocycles. The monoisotopic (exact) mass is 347 g/mol. The van der Waals surface area contributed by atoms with Gasteiger partial charge in [0, 0.05) is 36.7 Å². The van der Waals surface area contributed by atoms with E-state index in [9.17, 15) is 14.4 Å². The zero-order chi connectivity index (χ0) is 18.7. The van der Waals surface area contributed by atoms with E-state index in [0.29, 0.717) is 30.8 Å². The topological polar surface area (TPSA) is 87.3 Å². The molecule has 0 aliphatic carbocycles. The first kappa shape index (κ1) is 20.7. The van der Waals surface area contributed by atoms with Crippen molar-refractivity contribution in [1.29, 1.82) is 0 Å². The first-order chi connectivity index (χ1) is 12.0. The summed E-state index contributed by atoms with van der Waals surface area (Å²) in [5.74, 6) is -0.172. The van der Waals surface area contributed by atoms with Crippen LogP contribution in [0.1, 0.15) is 56.8 Å². The molecule has 0 heterocycles. The van der Waals surface area contributed by atoms with Gasteiger partial charge in [0.05, 0.1) is 0 Å². The second-order valence-corrected chi connectivity index (χ2v) is 5.94. The molecule has 25 heavy (non-hydrogen) atoms. The molecule has 0 fully saturated rings. The van der Waals surface area contributed by atoms with E-state index in [1.54, 1.807) is 24.3 Å². The lowest BCUT2D eigenvalue weighted by atomic mass is 10.0. The van der Waals surface area contributed by atoms with Crippen LogP contribution in [0.15, 0.2) is 24.3 Å². The Morgan fingerprint density at radius 2 is 1.52 bits per heavy atom. The van der Waals surface area contributed by atoms with E-state index in [1.165, 1.54) is 0 Å². The number of carbonyl (C=O) groups excluding carboxylic acids is 3. The van der Waals surface area contributed by atoms with Gasteiger partial charge in [-0.3, -0.25) is 14.4 Å². The summed E-state index contributed by atoms with van der Waals surface area (Å²) >= 11 is 0. The van der Waals surface area contributed by atoms with Gasteiger partial charge in [-0.1, -0.05) is 20.8 Å². The molecule has 0 unspecified atom stereocenters. The van der Waals surface area contributed by atoms with Gasteiger partial charge in [-0.05, 0) is 43.5 Å². The zero-order valence-electron chi connectivity index (χ0n) is 15.4. The number of anilines is 1. The smallest absolute Gasteiger partial charge is 0.251 e. The Kier molecular flexibility index (Phi) is 9.29. The van der Waals surface area contributed by atoms with Crippen molar-refractivity contribution < 1.29 is 14.4 Å². The summed E-state index contributed by atoms with van der Waals surface area (Å²) in [6, 6.07) is 6.74. The van der Waals surface area contributed by atoms with Gasteiger partial charge in [-0.25, -0.2) is 0 Å². The third-order valence-corrected chi connectivity index (χ3v) is 3.97. The summed E-state index contributed by atoms with van der Waals surface area (Å²) in [7, 11) is 0. The number of carbonyl (C=O) groups is 3. The normalized spacial score (nSPS) is 10.4. The minimum absolute atomic E-state index is 0.0335. The number of hydrogen-bond acceptors (Lipinski definition) is 3. The van der Waals surface area contributed by atoms with E-state index in [0.717, 1.165) is 19.3 Å².